The van der Waals surface area contributed by atoms with E-state index in [4.69, 9.17) is 22.1 Å². The van der Waals surface area contributed by atoms with Gasteiger partial charge in [-0.25, -0.2) is 4.98 Å². The Morgan fingerprint density at radius 3 is 2.68 bits per heavy atom. The number of aryl methyl sites for hydroxylation is 3. The fourth-order valence-electron chi connectivity index (χ4n) is 4.18. The molecule has 0 aliphatic rings. The van der Waals surface area contributed by atoms with Crippen LogP contribution < -0.4 is 10.5 Å². The number of nitrogens with two attached hydrogens (primary N) is 1. The molecule has 0 radical (unpaired) electrons. The second-order valence-electron chi connectivity index (χ2n) is 8.47. The van der Waals surface area contributed by atoms with Gasteiger partial charge >= 0.3 is 0 Å². The number of carbonyl (C=O) groups is 1. The molecular weight excluding hydrogens is 452 g/mol. The van der Waals surface area contributed by atoms with Crippen molar-refractivity contribution in [3.63, 3.8) is 0 Å². The maximum absolute atomic E-state index is 11.3. The number of nitrogens with zero attached hydrogens (tertiary/aromatic N) is 3. The van der Waals surface area contributed by atoms with Crippen LogP contribution in [0.3, 0.4) is 0 Å². The summed E-state index contributed by atoms with van der Waals surface area (Å²) in [6.45, 7) is 0.576. The van der Waals surface area contributed by atoms with Crippen LogP contribution in [0.2, 0.25) is 5.02 Å². The molecule has 0 aliphatic heterocycles. The Hall–Kier alpha value is -3.29. The van der Waals surface area contributed by atoms with Crippen LogP contribution in [-0.2, 0) is 19.9 Å². The van der Waals surface area contributed by atoms with E-state index in [1.54, 1.807) is 17.1 Å². The second kappa shape index (κ2) is 10.8. The quantitative estimate of drug-likeness (QED) is 0.313. The molecule has 2 heterocycles. The number of aromatic nitrogens is 3. The highest BCUT2D eigenvalue weighted by molar-refractivity contribution is 6.30. The Labute approximate surface area is 203 Å². The van der Waals surface area contributed by atoms with Crippen LogP contribution in [0.4, 0.5) is 0 Å². The van der Waals surface area contributed by atoms with Crippen LogP contribution in [0.15, 0.2) is 61.2 Å². The smallest absolute Gasteiger partial charge is 0.268 e. The summed E-state index contributed by atoms with van der Waals surface area (Å²) in [5.41, 5.74) is 9.04. The van der Waals surface area contributed by atoms with Gasteiger partial charge in [0.25, 0.3) is 5.91 Å². The Bertz CT molecular complexity index is 1260. The van der Waals surface area contributed by atoms with Gasteiger partial charge in [-0.15, -0.1) is 0 Å². The third-order valence-electron chi connectivity index (χ3n) is 6.07. The topological polar surface area (TPSA) is 95.3 Å². The lowest BCUT2D eigenvalue weighted by Gasteiger charge is -2.15. The number of aliphatic hydroxyl groups excluding tert-OH is 1. The summed E-state index contributed by atoms with van der Waals surface area (Å²) in [7, 11) is 2.02. The van der Waals surface area contributed by atoms with Crippen molar-refractivity contribution in [3.8, 4) is 5.75 Å². The van der Waals surface area contributed by atoms with Crippen LogP contribution in [-0.4, -0.2) is 38.3 Å². The van der Waals surface area contributed by atoms with Gasteiger partial charge in [0.1, 0.15) is 11.4 Å². The van der Waals surface area contributed by atoms with E-state index in [-0.39, 0.29) is 18.3 Å². The highest BCUT2D eigenvalue weighted by Crippen LogP contribution is 2.28. The van der Waals surface area contributed by atoms with Gasteiger partial charge in [-0.05, 0) is 67.1 Å². The number of fused-ring (bicyclic) bond motifs is 1. The van der Waals surface area contributed by atoms with Crippen LogP contribution >= 0.6 is 11.6 Å². The molecule has 0 bridgehead atoms. The number of rotatable bonds is 11. The van der Waals surface area contributed by atoms with E-state index in [0.717, 1.165) is 40.9 Å². The molecule has 0 fully saturated rings. The molecule has 2 aromatic heterocycles. The number of hydrogen-bond acceptors (Lipinski definition) is 4. The number of hydrogen-bond donors (Lipinski definition) is 2. The van der Waals surface area contributed by atoms with Crippen molar-refractivity contribution < 1.29 is 14.6 Å². The zero-order valence-corrected chi connectivity index (χ0v) is 19.9. The summed E-state index contributed by atoms with van der Waals surface area (Å²) < 4.78 is 9.89. The molecule has 0 saturated carbocycles. The Morgan fingerprint density at radius 2 is 1.97 bits per heavy atom. The number of benzene rings is 2. The van der Waals surface area contributed by atoms with Gasteiger partial charge < -0.3 is 24.7 Å². The first kappa shape index (κ1) is 23.9. The fourth-order valence-corrected chi connectivity index (χ4v) is 4.31. The van der Waals surface area contributed by atoms with E-state index in [0.29, 0.717) is 13.0 Å². The number of aliphatic hydroxyl groups is 1. The minimum atomic E-state index is -0.579. The van der Waals surface area contributed by atoms with Crippen molar-refractivity contribution in [2.75, 3.05) is 13.2 Å². The lowest BCUT2D eigenvalue weighted by atomic mass is 10.0. The van der Waals surface area contributed by atoms with Crippen molar-refractivity contribution >= 4 is 28.4 Å². The Kier molecular flexibility index (Phi) is 7.55. The Balaban J connectivity index is 1.39. The summed E-state index contributed by atoms with van der Waals surface area (Å²) in [5.74, 6) is 0.265. The molecule has 4 rings (SSSR count). The standard InChI is InChI=1S/C26H29ClN4O3/c1-30-14-19(6-9-21(16-32)31-15-24(26(28)33)29-17-31)23-13-22(10-11-25(23)30)34-12-2-3-18-4-7-20(27)8-5-18/h4-5,7-8,10-11,13-15,17,21,32H,2-3,6,9,12,16H2,1H3,(H2,28,33). The minimum absolute atomic E-state index is 0.0543. The third kappa shape index (κ3) is 5.61. The predicted octanol–water partition coefficient (Wildman–Crippen LogP) is 4.30. The van der Waals surface area contributed by atoms with E-state index in [1.807, 2.05) is 37.4 Å². The molecule has 0 aliphatic carbocycles. The summed E-state index contributed by atoms with van der Waals surface area (Å²) in [5, 5.41) is 11.8. The number of ether oxygens (including phenoxy) is 1. The van der Waals surface area contributed by atoms with Gasteiger partial charge in [-0.2, -0.15) is 0 Å². The van der Waals surface area contributed by atoms with Crippen molar-refractivity contribution in [2.45, 2.75) is 31.7 Å². The van der Waals surface area contributed by atoms with Crippen molar-refractivity contribution in [3.05, 3.63) is 83.0 Å². The largest absolute Gasteiger partial charge is 0.494 e. The molecular formula is C26H29ClN4O3. The maximum atomic E-state index is 11.3. The molecule has 2 aromatic carbocycles. The SMILES string of the molecule is Cn1cc(CCC(CO)n2cnc(C(N)=O)c2)c2cc(OCCCc3ccc(Cl)cc3)ccc21. The van der Waals surface area contributed by atoms with Crippen molar-refractivity contribution in [1.82, 2.24) is 14.1 Å². The lowest BCUT2D eigenvalue weighted by Crippen LogP contribution is -2.14. The molecule has 0 spiro atoms. The molecule has 34 heavy (non-hydrogen) atoms. The number of imidazole rings is 1. The molecule has 178 valence electrons. The normalized spacial score (nSPS) is 12.2. The third-order valence-corrected chi connectivity index (χ3v) is 6.32. The number of carbonyl (C=O) groups excluding carboxylic acids is 1. The maximum Gasteiger partial charge on any atom is 0.268 e. The molecule has 0 saturated heterocycles. The van der Waals surface area contributed by atoms with E-state index in [2.05, 4.69) is 27.9 Å². The first-order chi connectivity index (χ1) is 16.4. The van der Waals surface area contributed by atoms with Crippen LogP contribution in [0, 0.1) is 0 Å². The van der Waals surface area contributed by atoms with Crippen molar-refractivity contribution in [2.24, 2.45) is 12.8 Å². The van der Waals surface area contributed by atoms with E-state index in [9.17, 15) is 9.90 Å². The molecule has 1 atom stereocenters. The molecule has 4 aromatic rings. The summed E-state index contributed by atoms with van der Waals surface area (Å²) >= 11 is 5.95. The average Bonchev–Trinajstić information content (AvgIpc) is 3.44. The summed E-state index contributed by atoms with van der Waals surface area (Å²) in [4.78, 5) is 15.3. The minimum Gasteiger partial charge on any atom is -0.494 e. The highest BCUT2D eigenvalue weighted by atomic mass is 35.5. The second-order valence-corrected chi connectivity index (χ2v) is 8.90. The highest BCUT2D eigenvalue weighted by Gasteiger charge is 2.15. The first-order valence-electron chi connectivity index (χ1n) is 11.3. The average molecular weight is 481 g/mol. The Morgan fingerprint density at radius 1 is 1.18 bits per heavy atom. The van der Waals surface area contributed by atoms with E-state index in [1.165, 1.54) is 11.1 Å². The van der Waals surface area contributed by atoms with Crippen molar-refractivity contribution in [1.29, 1.82) is 0 Å². The molecule has 7 nitrogen and oxygen atoms in total. The van der Waals surface area contributed by atoms with Gasteiger partial charge in [-0.3, -0.25) is 4.79 Å². The number of amides is 1. The predicted molar refractivity (Wildman–Crippen MR) is 133 cm³/mol. The fraction of sp³-hybridized carbons (Fsp3) is 0.308. The first-order valence-corrected chi connectivity index (χ1v) is 11.7. The number of primary amides is 1. The zero-order valence-electron chi connectivity index (χ0n) is 19.2. The van der Waals surface area contributed by atoms with Gasteiger partial charge in [0.15, 0.2) is 0 Å². The monoisotopic (exact) mass is 480 g/mol. The van der Waals surface area contributed by atoms with Crippen LogP contribution in [0.25, 0.3) is 10.9 Å². The number of halogens is 1. The molecule has 1 unspecified atom stereocenters. The lowest BCUT2D eigenvalue weighted by molar-refractivity contribution is 0.0995. The molecule has 3 N–H and O–H groups in total. The van der Waals surface area contributed by atoms with Gasteiger partial charge in [0.2, 0.25) is 0 Å². The van der Waals surface area contributed by atoms with E-state index < -0.39 is 5.91 Å². The molecule has 8 heteroatoms. The van der Waals surface area contributed by atoms with Crippen LogP contribution in [0.5, 0.6) is 5.75 Å². The van der Waals surface area contributed by atoms with Gasteiger partial charge in [-0.1, -0.05) is 23.7 Å². The summed E-state index contributed by atoms with van der Waals surface area (Å²) in [6, 6.07) is 13.9. The van der Waals surface area contributed by atoms with Crippen LogP contribution in [0.1, 0.15) is 40.5 Å². The zero-order chi connectivity index (χ0) is 24.1. The van der Waals surface area contributed by atoms with E-state index >= 15 is 0 Å². The molecule has 1 amide bonds. The summed E-state index contributed by atoms with van der Waals surface area (Å²) in [6.07, 6.45) is 8.54. The van der Waals surface area contributed by atoms with Gasteiger partial charge in [0.05, 0.1) is 25.6 Å². The van der Waals surface area contributed by atoms with Gasteiger partial charge in [0, 0.05) is 35.4 Å².